The molecular formula is C26H48O4. The van der Waals surface area contributed by atoms with Gasteiger partial charge in [-0.25, -0.2) is 0 Å². The van der Waals surface area contributed by atoms with Gasteiger partial charge < -0.3 is 9.47 Å². The van der Waals surface area contributed by atoms with Crippen LogP contribution in [0.2, 0.25) is 0 Å². The fraction of sp³-hybridized carbons (Fsp3) is 0.923. The molecule has 0 N–H and O–H groups in total. The summed E-state index contributed by atoms with van der Waals surface area (Å²) in [6, 6.07) is 0. The predicted molar refractivity (Wildman–Crippen MR) is 123 cm³/mol. The summed E-state index contributed by atoms with van der Waals surface area (Å²) in [5, 5.41) is 0. The molecule has 0 radical (unpaired) electrons. The van der Waals surface area contributed by atoms with Crippen LogP contribution in [0.15, 0.2) is 0 Å². The Labute approximate surface area is 185 Å². The van der Waals surface area contributed by atoms with E-state index in [0.29, 0.717) is 25.0 Å². The van der Waals surface area contributed by atoms with Crippen LogP contribution < -0.4 is 0 Å². The average molecular weight is 425 g/mol. The standard InChI is InChI=1S/C26H48O4/c1-7-11-13-21(9-3)17-29-25(27)23-19(5)15-16-20(6)24(23)26(28)30-18-22(10-4)14-12-8-2/h19-24H,7-18H2,1-6H3. The molecule has 0 aliphatic heterocycles. The SMILES string of the molecule is CCCCC(CC)COC(=O)C1C(C)CCC(C)C1C(=O)OCC(CC)CCCC. The summed E-state index contributed by atoms with van der Waals surface area (Å²) in [5.74, 6) is 0.0151. The minimum atomic E-state index is -0.374. The first-order valence-corrected chi connectivity index (χ1v) is 12.7. The van der Waals surface area contributed by atoms with Crippen molar-refractivity contribution in [2.24, 2.45) is 35.5 Å². The van der Waals surface area contributed by atoms with Crippen molar-refractivity contribution in [2.75, 3.05) is 13.2 Å². The van der Waals surface area contributed by atoms with E-state index in [4.69, 9.17) is 9.47 Å². The maximum absolute atomic E-state index is 13.1. The molecule has 0 spiro atoms. The van der Waals surface area contributed by atoms with E-state index in [0.717, 1.165) is 51.4 Å². The lowest BCUT2D eigenvalue weighted by Crippen LogP contribution is -2.44. The van der Waals surface area contributed by atoms with E-state index in [1.165, 1.54) is 12.8 Å². The highest BCUT2D eigenvalue weighted by atomic mass is 16.5. The van der Waals surface area contributed by atoms with Gasteiger partial charge in [-0.15, -0.1) is 0 Å². The molecule has 0 heterocycles. The predicted octanol–water partition coefficient (Wildman–Crippen LogP) is 6.80. The van der Waals surface area contributed by atoms with Gasteiger partial charge in [0.2, 0.25) is 0 Å². The third-order valence-corrected chi connectivity index (χ3v) is 7.24. The number of hydrogen-bond acceptors (Lipinski definition) is 4. The second kappa shape index (κ2) is 14.9. The molecule has 4 nitrogen and oxygen atoms in total. The van der Waals surface area contributed by atoms with Crippen molar-refractivity contribution in [3.05, 3.63) is 0 Å². The van der Waals surface area contributed by atoms with Crippen LogP contribution >= 0.6 is 0 Å². The average Bonchev–Trinajstić information content (AvgIpc) is 2.74. The maximum atomic E-state index is 13.1. The quantitative estimate of drug-likeness (QED) is 0.288. The Kier molecular flexibility index (Phi) is 13.4. The third-order valence-electron chi connectivity index (χ3n) is 7.24. The number of ether oxygens (including phenoxy) is 2. The summed E-state index contributed by atoms with van der Waals surface area (Å²) in [5.41, 5.74) is 0. The number of esters is 2. The van der Waals surface area contributed by atoms with Gasteiger partial charge in [-0.2, -0.15) is 0 Å². The summed E-state index contributed by atoms with van der Waals surface area (Å²) in [7, 11) is 0. The number of hydrogen-bond donors (Lipinski definition) is 0. The van der Waals surface area contributed by atoms with Crippen molar-refractivity contribution in [1.29, 1.82) is 0 Å². The van der Waals surface area contributed by atoms with E-state index in [1.54, 1.807) is 0 Å². The molecule has 0 aromatic rings. The molecule has 176 valence electrons. The molecule has 1 saturated carbocycles. The fourth-order valence-electron chi connectivity index (χ4n) is 4.74. The van der Waals surface area contributed by atoms with Gasteiger partial charge in [0.15, 0.2) is 0 Å². The van der Waals surface area contributed by atoms with E-state index < -0.39 is 0 Å². The molecule has 0 aromatic heterocycles. The molecule has 1 fully saturated rings. The van der Waals surface area contributed by atoms with Gasteiger partial charge >= 0.3 is 11.9 Å². The van der Waals surface area contributed by atoms with Crippen molar-refractivity contribution in [3.8, 4) is 0 Å². The maximum Gasteiger partial charge on any atom is 0.310 e. The number of rotatable bonds is 14. The topological polar surface area (TPSA) is 52.6 Å². The zero-order valence-corrected chi connectivity index (χ0v) is 20.6. The largest absolute Gasteiger partial charge is 0.465 e. The summed E-state index contributed by atoms with van der Waals surface area (Å²) in [6.07, 6.45) is 10.8. The summed E-state index contributed by atoms with van der Waals surface area (Å²) >= 11 is 0. The van der Waals surface area contributed by atoms with Gasteiger partial charge in [0, 0.05) is 0 Å². The molecule has 6 unspecified atom stereocenters. The number of carbonyl (C=O) groups excluding carboxylic acids is 2. The van der Waals surface area contributed by atoms with Gasteiger partial charge in [0.05, 0.1) is 25.0 Å². The lowest BCUT2D eigenvalue weighted by Gasteiger charge is -2.38. The van der Waals surface area contributed by atoms with Gasteiger partial charge in [-0.3, -0.25) is 9.59 Å². The Bertz CT molecular complexity index is 445. The Hall–Kier alpha value is -1.06. The lowest BCUT2D eigenvalue weighted by atomic mass is 9.67. The monoisotopic (exact) mass is 424 g/mol. The van der Waals surface area contributed by atoms with E-state index in [9.17, 15) is 9.59 Å². The van der Waals surface area contributed by atoms with Crippen molar-refractivity contribution >= 4 is 11.9 Å². The van der Waals surface area contributed by atoms with Crippen LogP contribution in [-0.4, -0.2) is 25.2 Å². The van der Waals surface area contributed by atoms with Gasteiger partial charge in [-0.1, -0.05) is 80.1 Å². The Morgan fingerprint density at radius 2 is 1.10 bits per heavy atom. The highest BCUT2D eigenvalue weighted by Gasteiger charge is 2.45. The minimum Gasteiger partial charge on any atom is -0.465 e. The molecule has 1 aliphatic carbocycles. The molecule has 1 aliphatic rings. The third kappa shape index (κ3) is 8.59. The van der Waals surface area contributed by atoms with Crippen molar-refractivity contribution in [3.63, 3.8) is 0 Å². The van der Waals surface area contributed by atoms with Gasteiger partial charge in [0.1, 0.15) is 0 Å². The van der Waals surface area contributed by atoms with Crippen LogP contribution in [0.1, 0.15) is 106 Å². The first-order chi connectivity index (χ1) is 14.4. The van der Waals surface area contributed by atoms with Crippen LogP contribution in [0.5, 0.6) is 0 Å². The van der Waals surface area contributed by atoms with Crippen LogP contribution in [0, 0.1) is 35.5 Å². The molecule has 30 heavy (non-hydrogen) atoms. The highest BCUT2D eigenvalue weighted by Crippen LogP contribution is 2.40. The Morgan fingerprint density at radius 1 is 0.733 bits per heavy atom. The van der Waals surface area contributed by atoms with E-state index >= 15 is 0 Å². The zero-order valence-electron chi connectivity index (χ0n) is 20.6. The van der Waals surface area contributed by atoms with Gasteiger partial charge in [-0.05, 0) is 49.4 Å². The van der Waals surface area contributed by atoms with Crippen LogP contribution in [0.25, 0.3) is 0 Å². The van der Waals surface area contributed by atoms with Crippen LogP contribution in [-0.2, 0) is 19.1 Å². The Balaban J connectivity index is 2.75. The van der Waals surface area contributed by atoms with Crippen LogP contribution in [0.4, 0.5) is 0 Å². The van der Waals surface area contributed by atoms with Crippen molar-refractivity contribution < 1.29 is 19.1 Å². The van der Waals surface area contributed by atoms with E-state index in [2.05, 4.69) is 41.5 Å². The first kappa shape index (κ1) is 27.0. The normalized spacial score (nSPS) is 26.1. The zero-order chi connectivity index (χ0) is 22.5. The summed E-state index contributed by atoms with van der Waals surface area (Å²) in [6.45, 7) is 13.8. The first-order valence-electron chi connectivity index (χ1n) is 12.7. The van der Waals surface area contributed by atoms with Gasteiger partial charge in [0.25, 0.3) is 0 Å². The number of unbranched alkanes of at least 4 members (excludes halogenated alkanes) is 2. The molecule has 6 atom stereocenters. The molecule has 1 rings (SSSR count). The second-order valence-corrected chi connectivity index (χ2v) is 9.68. The summed E-state index contributed by atoms with van der Waals surface area (Å²) in [4.78, 5) is 26.1. The lowest BCUT2D eigenvalue weighted by molar-refractivity contribution is -0.169. The smallest absolute Gasteiger partial charge is 0.310 e. The van der Waals surface area contributed by atoms with E-state index in [-0.39, 0.29) is 35.6 Å². The molecule has 0 saturated heterocycles. The molecule has 0 aromatic carbocycles. The minimum absolute atomic E-state index is 0.157. The fourth-order valence-corrected chi connectivity index (χ4v) is 4.74. The molecule has 4 heteroatoms. The van der Waals surface area contributed by atoms with Crippen LogP contribution in [0.3, 0.4) is 0 Å². The molecular weight excluding hydrogens is 376 g/mol. The van der Waals surface area contributed by atoms with Crippen molar-refractivity contribution in [2.45, 2.75) is 106 Å². The molecule has 0 bridgehead atoms. The highest BCUT2D eigenvalue weighted by molar-refractivity contribution is 5.82. The second-order valence-electron chi connectivity index (χ2n) is 9.68. The van der Waals surface area contributed by atoms with Crippen molar-refractivity contribution in [1.82, 2.24) is 0 Å². The Morgan fingerprint density at radius 3 is 1.40 bits per heavy atom. The number of carbonyl (C=O) groups is 2. The van der Waals surface area contributed by atoms with E-state index in [1.807, 2.05) is 0 Å². The summed E-state index contributed by atoms with van der Waals surface area (Å²) < 4.78 is 11.6. The molecule has 0 amide bonds.